The Morgan fingerprint density at radius 2 is 2.00 bits per heavy atom. The fourth-order valence-electron chi connectivity index (χ4n) is 2.59. The number of rotatable bonds is 0. The fraction of sp³-hybridized carbons (Fsp3) is 0.923. The molecule has 0 aromatic heterocycles. The van der Waals surface area contributed by atoms with Gasteiger partial charge in [0.15, 0.2) is 0 Å². The molecule has 0 unspecified atom stereocenters. The highest BCUT2D eigenvalue weighted by Crippen LogP contribution is 2.36. The van der Waals surface area contributed by atoms with E-state index in [2.05, 4.69) is 0 Å². The third-order valence-corrected chi connectivity index (χ3v) is 3.52. The molecule has 0 aromatic carbocycles. The van der Waals surface area contributed by atoms with Gasteiger partial charge in [-0.25, -0.2) is 4.79 Å². The minimum absolute atomic E-state index is 0.210. The molecule has 2 heterocycles. The van der Waals surface area contributed by atoms with Gasteiger partial charge in [-0.2, -0.15) is 0 Å². The number of piperidine rings is 1. The van der Waals surface area contributed by atoms with Gasteiger partial charge < -0.3 is 19.5 Å². The number of carbonyl (C=O) groups excluding carboxylic acids is 1. The van der Waals surface area contributed by atoms with E-state index in [9.17, 15) is 9.90 Å². The molecule has 2 fully saturated rings. The van der Waals surface area contributed by atoms with Gasteiger partial charge in [-0.1, -0.05) is 0 Å². The molecule has 104 valence electrons. The second-order valence-electron chi connectivity index (χ2n) is 6.32. The minimum Gasteiger partial charge on any atom is -0.444 e. The van der Waals surface area contributed by atoms with E-state index in [0.29, 0.717) is 26.1 Å². The molecule has 1 amide bonds. The fourth-order valence-corrected chi connectivity index (χ4v) is 2.59. The Bertz CT molecular complexity index is 315. The van der Waals surface area contributed by atoms with E-state index < -0.39 is 5.60 Å². The maximum Gasteiger partial charge on any atom is 0.410 e. The van der Waals surface area contributed by atoms with Crippen molar-refractivity contribution in [1.29, 1.82) is 0 Å². The third-order valence-electron chi connectivity index (χ3n) is 3.52. The molecular weight excluding hydrogens is 234 g/mol. The van der Waals surface area contributed by atoms with Crippen molar-refractivity contribution >= 4 is 6.09 Å². The standard InChI is InChI=1S/C13H23NO4/c1-12(2,3)18-11(16)14-6-4-13(5-7-14)8-10(15)9-17-13/h10,15H,4-9H2,1-3H3/t10-/m1/s1. The molecule has 0 bridgehead atoms. The highest BCUT2D eigenvalue weighted by atomic mass is 16.6. The third kappa shape index (κ3) is 3.14. The highest BCUT2D eigenvalue weighted by molar-refractivity contribution is 5.68. The predicted molar refractivity (Wildman–Crippen MR) is 66.3 cm³/mol. The van der Waals surface area contributed by atoms with E-state index in [4.69, 9.17) is 9.47 Å². The first-order valence-electron chi connectivity index (χ1n) is 6.60. The summed E-state index contributed by atoms with van der Waals surface area (Å²) in [6.07, 6.45) is 1.65. The van der Waals surface area contributed by atoms with Gasteiger partial charge >= 0.3 is 6.09 Å². The zero-order valence-electron chi connectivity index (χ0n) is 11.4. The molecule has 5 heteroatoms. The molecule has 18 heavy (non-hydrogen) atoms. The lowest BCUT2D eigenvalue weighted by atomic mass is 9.88. The molecule has 0 aliphatic carbocycles. The number of nitrogens with zero attached hydrogens (tertiary/aromatic N) is 1. The summed E-state index contributed by atoms with van der Waals surface area (Å²) < 4.78 is 11.0. The molecule has 5 nitrogen and oxygen atoms in total. The topological polar surface area (TPSA) is 59.0 Å². The van der Waals surface area contributed by atoms with Crippen LogP contribution < -0.4 is 0 Å². The molecule has 0 saturated carbocycles. The Morgan fingerprint density at radius 1 is 1.39 bits per heavy atom. The Balaban J connectivity index is 1.85. The predicted octanol–water partition coefficient (Wildman–Crippen LogP) is 1.54. The smallest absolute Gasteiger partial charge is 0.410 e. The zero-order chi connectivity index (χ0) is 13.4. The number of likely N-dealkylation sites (tertiary alicyclic amines) is 1. The number of ether oxygens (including phenoxy) is 2. The molecule has 2 rings (SSSR count). The second kappa shape index (κ2) is 4.70. The second-order valence-corrected chi connectivity index (χ2v) is 6.32. The molecule has 2 saturated heterocycles. The molecule has 1 N–H and O–H groups in total. The van der Waals surface area contributed by atoms with Gasteiger partial charge in [-0.05, 0) is 33.6 Å². The summed E-state index contributed by atoms with van der Waals surface area (Å²) in [6, 6.07) is 0. The van der Waals surface area contributed by atoms with E-state index >= 15 is 0 Å². The van der Waals surface area contributed by atoms with E-state index in [1.807, 2.05) is 20.8 Å². The van der Waals surface area contributed by atoms with E-state index in [-0.39, 0.29) is 17.8 Å². The average Bonchev–Trinajstić information content (AvgIpc) is 2.58. The van der Waals surface area contributed by atoms with Crippen molar-refractivity contribution in [2.24, 2.45) is 0 Å². The van der Waals surface area contributed by atoms with Gasteiger partial charge in [-0.15, -0.1) is 0 Å². The SMILES string of the molecule is CC(C)(C)OC(=O)N1CCC2(CC1)C[C@@H](O)CO2. The van der Waals surface area contributed by atoms with Gasteiger partial charge in [0.2, 0.25) is 0 Å². The van der Waals surface area contributed by atoms with Crippen molar-refractivity contribution in [2.45, 2.75) is 57.3 Å². The van der Waals surface area contributed by atoms with Crippen LogP contribution in [0.5, 0.6) is 0 Å². The number of carbonyl (C=O) groups is 1. The Labute approximate surface area is 108 Å². The van der Waals surface area contributed by atoms with E-state index in [1.165, 1.54) is 0 Å². The van der Waals surface area contributed by atoms with Crippen molar-refractivity contribution in [3.8, 4) is 0 Å². The van der Waals surface area contributed by atoms with Gasteiger partial charge in [0.1, 0.15) is 5.60 Å². The number of amides is 1. The van der Waals surface area contributed by atoms with Crippen LogP contribution >= 0.6 is 0 Å². The zero-order valence-corrected chi connectivity index (χ0v) is 11.4. The normalized spacial score (nSPS) is 27.6. The van der Waals surface area contributed by atoms with Crippen molar-refractivity contribution in [1.82, 2.24) is 4.90 Å². The lowest BCUT2D eigenvalue weighted by Gasteiger charge is -2.38. The largest absolute Gasteiger partial charge is 0.444 e. The first-order valence-corrected chi connectivity index (χ1v) is 6.60. The van der Waals surface area contributed by atoms with Crippen molar-refractivity contribution in [3.63, 3.8) is 0 Å². The number of hydrogen-bond acceptors (Lipinski definition) is 4. The number of aliphatic hydroxyl groups excluding tert-OH is 1. The Kier molecular flexibility index (Phi) is 3.56. The van der Waals surface area contributed by atoms with Gasteiger partial charge in [0.05, 0.1) is 18.3 Å². The van der Waals surface area contributed by atoms with Crippen molar-refractivity contribution in [3.05, 3.63) is 0 Å². The quantitative estimate of drug-likeness (QED) is 0.715. The van der Waals surface area contributed by atoms with Crippen LogP contribution in [0, 0.1) is 0 Å². The van der Waals surface area contributed by atoms with E-state index in [1.54, 1.807) is 4.90 Å². The first-order chi connectivity index (χ1) is 8.30. The van der Waals surface area contributed by atoms with Crippen LogP contribution in [0.1, 0.15) is 40.0 Å². The minimum atomic E-state index is -0.452. The summed E-state index contributed by atoms with van der Waals surface area (Å²) in [5.41, 5.74) is -0.663. The van der Waals surface area contributed by atoms with Gasteiger partial charge in [0.25, 0.3) is 0 Å². The lowest BCUT2D eigenvalue weighted by molar-refractivity contribution is -0.0491. The van der Waals surface area contributed by atoms with Crippen LogP contribution in [0.4, 0.5) is 4.79 Å². The van der Waals surface area contributed by atoms with Crippen LogP contribution in [-0.2, 0) is 9.47 Å². The Morgan fingerprint density at radius 3 is 2.44 bits per heavy atom. The van der Waals surface area contributed by atoms with Crippen LogP contribution in [-0.4, -0.2) is 53.1 Å². The summed E-state index contributed by atoms with van der Waals surface area (Å²) in [4.78, 5) is 13.6. The highest BCUT2D eigenvalue weighted by Gasteiger charge is 2.43. The summed E-state index contributed by atoms with van der Waals surface area (Å²) in [5, 5.41) is 9.54. The van der Waals surface area contributed by atoms with Crippen LogP contribution in [0.3, 0.4) is 0 Å². The summed E-state index contributed by atoms with van der Waals surface area (Å²) >= 11 is 0. The van der Waals surface area contributed by atoms with E-state index in [0.717, 1.165) is 12.8 Å². The first kappa shape index (κ1) is 13.6. The number of hydrogen-bond donors (Lipinski definition) is 1. The van der Waals surface area contributed by atoms with Crippen molar-refractivity contribution < 1.29 is 19.4 Å². The monoisotopic (exact) mass is 257 g/mol. The molecule has 2 aliphatic heterocycles. The average molecular weight is 257 g/mol. The molecule has 0 radical (unpaired) electrons. The summed E-state index contributed by atoms with van der Waals surface area (Å²) in [6.45, 7) is 7.31. The van der Waals surface area contributed by atoms with Crippen molar-refractivity contribution in [2.75, 3.05) is 19.7 Å². The van der Waals surface area contributed by atoms with Gasteiger partial charge in [0, 0.05) is 19.5 Å². The molecule has 1 spiro atoms. The van der Waals surface area contributed by atoms with Crippen LogP contribution in [0.25, 0.3) is 0 Å². The maximum absolute atomic E-state index is 11.9. The molecule has 2 aliphatic rings. The van der Waals surface area contributed by atoms with Crippen LogP contribution in [0.15, 0.2) is 0 Å². The van der Waals surface area contributed by atoms with Crippen LogP contribution in [0.2, 0.25) is 0 Å². The summed E-state index contributed by atoms with van der Waals surface area (Å²) in [7, 11) is 0. The maximum atomic E-state index is 11.9. The van der Waals surface area contributed by atoms with Gasteiger partial charge in [-0.3, -0.25) is 0 Å². The lowest BCUT2D eigenvalue weighted by Crippen LogP contribution is -2.48. The Hall–Kier alpha value is -0.810. The number of aliphatic hydroxyl groups is 1. The molecule has 1 atom stereocenters. The molecule has 0 aromatic rings. The molecular formula is C13H23NO4. The summed E-state index contributed by atoms with van der Waals surface area (Å²) in [5.74, 6) is 0.